The molecule has 0 bridgehead atoms. The van der Waals surface area contributed by atoms with Crippen LogP contribution in [-0.4, -0.2) is 46.5 Å². The minimum Gasteiger partial charge on any atom is -0.370 e. The number of hydrogen-bond donors (Lipinski definition) is 2. The minimum atomic E-state index is -0.229. The van der Waals surface area contributed by atoms with E-state index in [-0.39, 0.29) is 30.7 Å². The topological polar surface area (TPSA) is 84.1 Å². The van der Waals surface area contributed by atoms with Crippen molar-refractivity contribution in [1.29, 1.82) is 0 Å². The van der Waals surface area contributed by atoms with Crippen LogP contribution in [0.15, 0.2) is 12.4 Å². The summed E-state index contributed by atoms with van der Waals surface area (Å²) in [4.78, 5) is 22.1. The zero-order chi connectivity index (χ0) is 16.4. The van der Waals surface area contributed by atoms with Crippen molar-refractivity contribution in [2.75, 3.05) is 25.0 Å². The maximum atomic E-state index is 11.0. The van der Waals surface area contributed by atoms with E-state index in [1.807, 2.05) is 0 Å². The first-order valence-electron chi connectivity index (χ1n) is 8.62. The van der Waals surface area contributed by atoms with Crippen LogP contribution in [0.25, 0.3) is 0 Å². The first kappa shape index (κ1) is 21.9. The molecule has 2 heterocycles. The zero-order valence-electron chi connectivity index (χ0n) is 14.9. The highest BCUT2D eigenvalue weighted by molar-refractivity contribution is 5.85. The van der Waals surface area contributed by atoms with E-state index in [1.165, 1.54) is 12.8 Å². The predicted molar refractivity (Wildman–Crippen MR) is 104 cm³/mol. The van der Waals surface area contributed by atoms with Crippen LogP contribution in [-0.2, 0) is 4.79 Å². The molecule has 8 heteroatoms. The number of aromatic nitrogens is 2. The molecule has 1 aromatic heterocycles. The number of likely N-dealkylation sites (tertiary alicyclic amines) is 1. The third kappa shape index (κ3) is 5.97. The van der Waals surface area contributed by atoms with E-state index in [9.17, 15) is 4.79 Å². The average molecular weight is 390 g/mol. The van der Waals surface area contributed by atoms with Crippen molar-refractivity contribution in [3.8, 4) is 0 Å². The first-order chi connectivity index (χ1) is 11.0. The minimum absolute atomic E-state index is 0. The van der Waals surface area contributed by atoms with Gasteiger partial charge in [-0.2, -0.15) is 0 Å². The highest BCUT2D eigenvalue weighted by Crippen LogP contribution is 2.39. The lowest BCUT2D eigenvalue weighted by molar-refractivity contribution is -0.118. The smallest absolute Gasteiger partial charge is 0.218 e. The Kier molecular flexibility index (Phi) is 8.38. The van der Waals surface area contributed by atoms with Gasteiger partial charge in [0.1, 0.15) is 12.1 Å². The molecule has 1 aromatic rings. The molecule has 1 amide bonds. The number of nitrogens with one attached hydrogen (secondary N) is 1. The van der Waals surface area contributed by atoms with Crippen LogP contribution in [0.3, 0.4) is 0 Å². The lowest BCUT2D eigenvalue weighted by atomic mass is 9.91. The Labute approximate surface area is 162 Å². The molecule has 25 heavy (non-hydrogen) atoms. The number of primary amides is 1. The highest BCUT2D eigenvalue weighted by Gasteiger charge is 2.35. The molecule has 1 saturated heterocycles. The number of nitrogens with two attached hydrogens (primary N) is 1. The molecule has 3 N–H and O–H groups in total. The Bertz CT molecular complexity index is 568. The van der Waals surface area contributed by atoms with Crippen LogP contribution >= 0.6 is 24.8 Å². The van der Waals surface area contributed by atoms with Crippen molar-refractivity contribution in [3.05, 3.63) is 18.1 Å². The summed E-state index contributed by atoms with van der Waals surface area (Å²) >= 11 is 0. The van der Waals surface area contributed by atoms with E-state index in [2.05, 4.69) is 40.1 Å². The van der Waals surface area contributed by atoms with Gasteiger partial charge in [-0.1, -0.05) is 13.8 Å². The Morgan fingerprint density at radius 2 is 2.04 bits per heavy atom. The predicted octanol–water partition coefficient (Wildman–Crippen LogP) is 2.44. The lowest BCUT2D eigenvalue weighted by Gasteiger charge is -2.23. The van der Waals surface area contributed by atoms with E-state index in [0.717, 1.165) is 31.1 Å². The quantitative estimate of drug-likeness (QED) is 0.747. The maximum Gasteiger partial charge on any atom is 0.218 e. The van der Waals surface area contributed by atoms with Crippen molar-refractivity contribution in [3.63, 3.8) is 0 Å². The molecule has 1 saturated carbocycles. The van der Waals surface area contributed by atoms with Crippen LogP contribution in [0.5, 0.6) is 0 Å². The van der Waals surface area contributed by atoms with Crippen molar-refractivity contribution >= 4 is 36.5 Å². The van der Waals surface area contributed by atoms with Gasteiger partial charge in [0, 0.05) is 49.8 Å². The Hall–Kier alpha value is -1.11. The molecule has 0 aromatic carbocycles. The molecule has 142 valence electrons. The van der Waals surface area contributed by atoms with Crippen molar-refractivity contribution in [1.82, 2.24) is 14.9 Å². The third-order valence-electron chi connectivity index (χ3n) is 4.99. The molecule has 2 atom stereocenters. The highest BCUT2D eigenvalue weighted by atomic mass is 35.5. The second-order valence-electron chi connectivity index (χ2n) is 7.24. The summed E-state index contributed by atoms with van der Waals surface area (Å²) < 4.78 is 0. The average Bonchev–Trinajstić information content (AvgIpc) is 3.27. The molecule has 0 spiro atoms. The SMILES string of the molecule is CC(C)[C@H]1CN(CCC(N)=O)C[C@@H]1Nc1cc(C2CC2)ncn1.Cl.Cl. The summed E-state index contributed by atoms with van der Waals surface area (Å²) in [6.45, 7) is 7.19. The molecule has 0 unspecified atom stereocenters. The Balaban J connectivity index is 0.00000156. The van der Waals surface area contributed by atoms with Crippen molar-refractivity contribution in [2.24, 2.45) is 17.6 Å². The van der Waals surface area contributed by atoms with Crippen molar-refractivity contribution < 1.29 is 4.79 Å². The number of carbonyl (C=O) groups excluding carboxylic acids is 1. The normalized spacial score (nSPS) is 23.0. The molecule has 1 aliphatic heterocycles. The van der Waals surface area contributed by atoms with Crippen LogP contribution in [0.4, 0.5) is 5.82 Å². The van der Waals surface area contributed by atoms with Gasteiger partial charge in [0.15, 0.2) is 0 Å². The van der Waals surface area contributed by atoms with Gasteiger partial charge in [-0.15, -0.1) is 24.8 Å². The van der Waals surface area contributed by atoms with Crippen molar-refractivity contribution in [2.45, 2.75) is 45.1 Å². The summed E-state index contributed by atoms with van der Waals surface area (Å²) in [5, 5.41) is 3.60. The molecular formula is C17H29Cl2N5O. The molecular weight excluding hydrogens is 361 g/mol. The monoisotopic (exact) mass is 389 g/mol. The second kappa shape index (κ2) is 9.55. The number of carbonyl (C=O) groups is 1. The number of amides is 1. The number of anilines is 1. The lowest BCUT2D eigenvalue weighted by Crippen LogP contribution is -2.32. The molecule has 1 aliphatic carbocycles. The van der Waals surface area contributed by atoms with E-state index in [0.29, 0.717) is 30.2 Å². The molecule has 3 rings (SSSR count). The van der Waals surface area contributed by atoms with Gasteiger partial charge in [-0.05, 0) is 24.7 Å². The summed E-state index contributed by atoms with van der Waals surface area (Å²) in [7, 11) is 0. The number of hydrogen-bond acceptors (Lipinski definition) is 5. The van der Waals surface area contributed by atoms with Gasteiger partial charge in [-0.25, -0.2) is 9.97 Å². The molecule has 2 aliphatic rings. The Morgan fingerprint density at radius 1 is 1.32 bits per heavy atom. The summed E-state index contributed by atoms with van der Waals surface area (Å²) in [6, 6.07) is 2.45. The van der Waals surface area contributed by atoms with E-state index < -0.39 is 0 Å². The summed E-state index contributed by atoms with van der Waals surface area (Å²) in [6.07, 6.45) is 4.59. The van der Waals surface area contributed by atoms with Crippen LogP contribution < -0.4 is 11.1 Å². The van der Waals surface area contributed by atoms with E-state index in [4.69, 9.17) is 5.73 Å². The summed E-state index contributed by atoms with van der Waals surface area (Å²) in [5.41, 5.74) is 6.44. The van der Waals surface area contributed by atoms with Crippen LogP contribution in [0, 0.1) is 11.8 Å². The summed E-state index contributed by atoms with van der Waals surface area (Å²) in [5.74, 6) is 2.45. The van der Waals surface area contributed by atoms with Gasteiger partial charge in [0.2, 0.25) is 5.91 Å². The molecule has 6 nitrogen and oxygen atoms in total. The number of nitrogens with zero attached hydrogens (tertiary/aromatic N) is 3. The second-order valence-corrected chi connectivity index (χ2v) is 7.24. The fourth-order valence-corrected chi connectivity index (χ4v) is 3.44. The number of halogens is 2. The van der Waals surface area contributed by atoms with E-state index >= 15 is 0 Å². The zero-order valence-corrected chi connectivity index (χ0v) is 16.5. The van der Waals surface area contributed by atoms with Gasteiger partial charge >= 0.3 is 0 Å². The molecule has 2 fully saturated rings. The van der Waals surface area contributed by atoms with Crippen LogP contribution in [0.1, 0.15) is 44.7 Å². The standard InChI is InChI=1S/C17H27N5O.2ClH/c1-11(2)13-8-22(6-5-16(18)23)9-15(13)21-17-7-14(12-3-4-12)19-10-20-17;;/h7,10-13,15H,3-6,8-9H2,1-2H3,(H2,18,23)(H,19,20,21);2*1H/t13-,15+;;/m1../s1. The first-order valence-corrected chi connectivity index (χ1v) is 8.62. The van der Waals surface area contributed by atoms with Gasteiger partial charge in [-0.3, -0.25) is 4.79 Å². The van der Waals surface area contributed by atoms with E-state index in [1.54, 1.807) is 6.33 Å². The largest absolute Gasteiger partial charge is 0.370 e. The van der Waals surface area contributed by atoms with Gasteiger partial charge in [0.05, 0.1) is 0 Å². The Morgan fingerprint density at radius 3 is 2.64 bits per heavy atom. The third-order valence-corrected chi connectivity index (χ3v) is 4.99. The fraction of sp³-hybridized carbons (Fsp3) is 0.706. The van der Waals surface area contributed by atoms with Gasteiger partial charge in [0.25, 0.3) is 0 Å². The number of rotatable bonds is 7. The fourth-order valence-electron chi connectivity index (χ4n) is 3.44. The maximum absolute atomic E-state index is 11.0. The van der Waals surface area contributed by atoms with Gasteiger partial charge < -0.3 is 16.0 Å². The molecule has 0 radical (unpaired) electrons. The van der Waals surface area contributed by atoms with Crippen LogP contribution in [0.2, 0.25) is 0 Å².